The van der Waals surface area contributed by atoms with Crippen molar-refractivity contribution in [2.45, 2.75) is 32.4 Å². The number of amides is 1. The topological polar surface area (TPSA) is 44.1 Å². The molecule has 0 aliphatic carbocycles. The molecule has 1 atom stereocenters. The van der Waals surface area contributed by atoms with Crippen LogP contribution >= 0.6 is 11.3 Å². The van der Waals surface area contributed by atoms with Crippen LogP contribution in [0.1, 0.15) is 35.5 Å². The summed E-state index contributed by atoms with van der Waals surface area (Å²) < 4.78 is 2.08. The number of rotatable bonds is 5. The van der Waals surface area contributed by atoms with Gasteiger partial charge in [0.15, 0.2) is 0 Å². The molecule has 5 rings (SSSR count). The zero-order chi connectivity index (χ0) is 20.5. The Bertz CT molecular complexity index is 986. The van der Waals surface area contributed by atoms with Gasteiger partial charge in [-0.05, 0) is 42.0 Å². The summed E-state index contributed by atoms with van der Waals surface area (Å²) >= 11 is 1.84. The van der Waals surface area contributed by atoms with Crippen LogP contribution in [0.3, 0.4) is 0 Å². The number of fused-ring (bicyclic) bond motifs is 2. The minimum atomic E-state index is 0.254. The second kappa shape index (κ2) is 8.49. The zero-order valence-electron chi connectivity index (χ0n) is 17.5. The van der Waals surface area contributed by atoms with Gasteiger partial charge >= 0.3 is 0 Å². The van der Waals surface area contributed by atoms with Gasteiger partial charge in [0, 0.05) is 56.5 Å². The second-order valence-electron chi connectivity index (χ2n) is 8.31. The van der Waals surface area contributed by atoms with Crippen LogP contribution in [0, 0.1) is 0 Å². The van der Waals surface area contributed by atoms with E-state index in [0.29, 0.717) is 6.54 Å². The smallest absolute Gasteiger partial charge is 0.237 e. The van der Waals surface area contributed by atoms with Crippen molar-refractivity contribution in [1.29, 1.82) is 0 Å². The van der Waals surface area contributed by atoms with Gasteiger partial charge in [-0.15, -0.1) is 11.3 Å². The Kier molecular flexibility index (Phi) is 5.58. The first-order valence-corrected chi connectivity index (χ1v) is 11.8. The molecule has 5 heterocycles. The van der Waals surface area contributed by atoms with E-state index < -0.39 is 0 Å². The van der Waals surface area contributed by atoms with Crippen LogP contribution < -0.4 is 0 Å². The predicted molar refractivity (Wildman–Crippen MR) is 120 cm³/mol. The number of hydrogen-bond donors (Lipinski definition) is 0. The van der Waals surface area contributed by atoms with Crippen molar-refractivity contribution in [3.05, 3.63) is 58.2 Å². The molecule has 3 aromatic rings. The first-order chi connectivity index (χ1) is 14.7. The van der Waals surface area contributed by atoms with Crippen molar-refractivity contribution < 1.29 is 4.79 Å². The maximum atomic E-state index is 13.1. The molecule has 1 fully saturated rings. The van der Waals surface area contributed by atoms with E-state index in [2.05, 4.69) is 43.7 Å². The Labute approximate surface area is 181 Å². The van der Waals surface area contributed by atoms with Crippen LogP contribution in [0.15, 0.2) is 42.0 Å². The predicted octanol–water partition coefficient (Wildman–Crippen LogP) is 3.05. The fourth-order valence-electron chi connectivity index (χ4n) is 4.82. The molecule has 1 saturated heterocycles. The number of aromatic nitrogens is 2. The number of nitrogens with zero attached hydrogens (tertiary/aromatic N) is 5. The van der Waals surface area contributed by atoms with Crippen molar-refractivity contribution in [1.82, 2.24) is 24.1 Å². The van der Waals surface area contributed by atoms with E-state index in [1.165, 1.54) is 10.4 Å². The highest BCUT2D eigenvalue weighted by Gasteiger charge is 2.31. The summed E-state index contributed by atoms with van der Waals surface area (Å²) in [5.41, 5.74) is 3.48. The lowest BCUT2D eigenvalue weighted by molar-refractivity contribution is -0.135. The molecule has 6 nitrogen and oxygen atoms in total. The summed E-state index contributed by atoms with van der Waals surface area (Å²) in [6.07, 6.45) is 6.15. The number of imidazole rings is 1. The van der Waals surface area contributed by atoms with Crippen LogP contribution in [-0.4, -0.2) is 69.3 Å². The van der Waals surface area contributed by atoms with Gasteiger partial charge in [0.05, 0.1) is 18.3 Å². The van der Waals surface area contributed by atoms with Gasteiger partial charge in [-0.1, -0.05) is 13.0 Å². The van der Waals surface area contributed by atoms with E-state index in [-0.39, 0.29) is 11.9 Å². The van der Waals surface area contributed by atoms with Crippen molar-refractivity contribution >= 4 is 22.9 Å². The van der Waals surface area contributed by atoms with Gasteiger partial charge in [-0.3, -0.25) is 14.6 Å². The van der Waals surface area contributed by atoms with E-state index >= 15 is 0 Å². The SMILES string of the molecule is CCC1c2ccsc2CCN1C(=O)CN1CCN(Cc2cn3ccccc3n2)CC1. The number of hydrogen-bond acceptors (Lipinski definition) is 5. The summed E-state index contributed by atoms with van der Waals surface area (Å²) in [7, 11) is 0. The summed E-state index contributed by atoms with van der Waals surface area (Å²) in [5, 5.41) is 2.17. The normalized spacial score (nSPS) is 20.6. The quantitative estimate of drug-likeness (QED) is 0.633. The number of carbonyl (C=O) groups excluding carboxylic acids is 1. The lowest BCUT2D eigenvalue weighted by Crippen LogP contribution is -2.51. The van der Waals surface area contributed by atoms with Crippen molar-refractivity contribution in [3.63, 3.8) is 0 Å². The fraction of sp³-hybridized carbons (Fsp3) is 0.478. The number of carbonyl (C=O) groups is 1. The van der Waals surface area contributed by atoms with Gasteiger partial charge in [-0.25, -0.2) is 4.98 Å². The third-order valence-corrected chi connectivity index (χ3v) is 7.42. The maximum absolute atomic E-state index is 13.1. The Morgan fingerprint density at radius 3 is 2.77 bits per heavy atom. The maximum Gasteiger partial charge on any atom is 0.237 e. The largest absolute Gasteiger partial charge is 0.334 e. The molecular weight excluding hydrogens is 394 g/mol. The molecule has 1 unspecified atom stereocenters. The lowest BCUT2D eigenvalue weighted by Gasteiger charge is -2.38. The Morgan fingerprint density at radius 1 is 1.13 bits per heavy atom. The lowest BCUT2D eigenvalue weighted by atomic mass is 9.97. The average Bonchev–Trinajstić information content (AvgIpc) is 3.40. The standard InChI is InChI=1S/C23H29N5OS/c1-2-20-19-7-14-30-21(19)6-9-28(20)23(29)17-26-12-10-25(11-13-26)15-18-16-27-8-4-3-5-22(27)24-18/h3-5,7-8,14,16,20H,2,6,9-13,15,17H2,1H3. The molecule has 158 valence electrons. The van der Waals surface area contributed by atoms with E-state index in [1.807, 2.05) is 35.7 Å². The third kappa shape index (κ3) is 3.89. The minimum absolute atomic E-state index is 0.254. The summed E-state index contributed by atoms with van der Waals surface area (Å²) in [6.45, 7) is 8.29. The second-order valence-corrected chi connectivity index (χ2v) is 9.31. The molecule has 1 amide bonds. The van der Waals surface area contributed by atoms with Crippen molar-refractivity contribution in [2.75, 3.05) is 39.3 Å². The first kappa shape index (κ1) is 19.7. The highest BCUT2D eigenvalue weighted by Crippen LogP contribution is 2.35. The number of piperazine rings is 1. The molecule has 0 aromatic carbocycles. The molecule has 3 aromatic heterocycles. The zero-order valence-corrected chi connectivity index (χ0v) is 18.4. The van der Waals surface area contributed by atoms with Crippen LogP contribution in [0.2, 0.25) is 0 Å². The van der Waals surface area contributed by atoms with Crippen LogP contribution in [0.5, 0.6) is 0 Å². The molecule has 7 heteroatoms. The van der Waals surface area contributed by atoms with Crippen molar-refractivity contribution in [2.24, 2.45) is 0 Å². The Morgan fingerprint density at radius 2 is 1.97 bits per heavy atom. The van der Waals surface area contributed by atoms with E-state index in [1.54, 1.807) is 0 Å². The molecule has 0 bridgehead atoms. The van der Waals surface area contributed by atoms with Gasteiger partial charge in [-0.2, -0.15) is 0 Å². The van der Waals surface area contributed by atoms with Crippen LogP contribution in [0.25, 0.3) is 5.65 Å². The minimum Gasteiger partial charge on any atom is -0.334 e. The van der Waals surface area contributed by atoms with Crippen LogP contribution in [0.4, 0.5) is 0 Å². The molecule has 2 aliphatic heterocycles. The molecule has 0 spiro atoms. The first-order valence-electron chi connectivity index (χ1n) is 10.9. The van der Waals surface area contributed by atoms with Gasteiger partial charge in [0.1, 0.15) is 5.65 Å². The highest BCUT2D eigenvalue weighted by molar-refractivity contribution is 7.10. The molecule has 2 aliphatic rings. The van der Waals surface area contributed by atoms with Gasteiger partial charge in [0.25, 0.3) is 0 Å². The van der Waals surface area contributed by atoms with Gasteiger partial charge in [0.2, 0.25) is 5.91 Å². The summed E-state index contributed by atoms with van der Waals surface area (Å²) in [6, 6.07) is 8.55. The van der Waals surface area contributed by atoms with E-state index in [4.69, 9.17) is 4.98 Å². The van der Waals surface area contributed by atoms with Crippen LogP contribution in [-0.2, 0) is 17.8 Å². The molecule has 0 N–H and O–H groups in total. The van der Waals surface area contributed by atoms with E-state index in [0.717, 1.165) is 63.5 Å². The average molecular weight is 424 g/mol. The number of thiophene rings is 1. The monoisotopic (exact) mass is 423 g/mol. The molecule has 0 radical (unpaired) electrons. The van der Waals surface area contributed by atoms with E-state index in [9.17, 15) is 4.79 Å². The molecule has 0 saturated carbocycles. The number of pyridine rings is 1. The molecular formula is C23H29N5OS. The van der Waals surface area contributed by atoms with Gasteiger partial charge < -0.3 is 9.30 Å². The Hall–Kier alpha value is -2.22. The van der Waals surface area contributed by atoms with Crippen molar-refractivity contribution in [3.8, 4) is 0 Å². The summed E-state index contributed by atoms with van der Waals surface area (Å²) in [4.78, 5) is 26.2. The highest BCUT2D eigenvalue weighted by atomic mass is 32.1. The Balaban J connectivity index is 1.15. The third-order valence-electron chi connectivity index (χ3n) is 6.43. The molecule has 30 heavy (non-hydrogen) atoms. The fourth-order valence-corrected chi connectivity index (χ4v) is 5.74. The summed E-state index contributed by atoms with van der Waals surface area (Å²) in [5.74, 6) is 0.285.